The standard InChI is InChI=1S/C21H23N3O2S/c1-13(2)17-10-5-6-11-18(17)22-19(25)15(4)27-21-24-23-20(26-21)16-9-7-8-14(3)12-16/h5-13,15H,1-4H3,(H,22,25). The molecule has 1 aromatic heterocycles. The highest BCUT2D eigenvalue weighted by molar-refractivity contribution is 8.00. The summed E-state index contributed by atoms with van der Waals surface area (Å²) < 4.78 is 5.72. The van der Waals surface area contributed by atoms with Gasteiger partial charge in [0.05, 0.1) is 5.25 Å². The lowest BCUT2D eigenvalue weighted by Gasteiger charge is -2.15. The molecular formula is C21H23N3O2S. The van der Waals surface area contributed by atoms with E-state index in [2.05, 4.69) is 29.4 Å². The van der Waals surface area contributed by atoms with Crippen LogP contribution < -0.4 is 5.32 Å². The number of carbonyl (C=O) groups excluding carboxylic acids is 1. The van der Waals surface area contributed by atoms with Crippen LogP contribution in [-0.2, 0) is 4.79 Å². The molecule has 0 saturated heterocycles. The summed E-state index contributed by atoms with van der Waals surface area (Å²) in [5, 5.41) is 11.2. The SMILES string of the molecule is Cc1cccc(-c2nnc(SC(C)C(=O)Nc3ccccc3C(C)C)o2)c1. The highest BCUT2D eigenvalue weighted by Crippen LogP contribution is 2.28. The molecule has 3 aromatic rings. The van der Waals surface area contributed by atoms with Gasteiger partial charge < -0.3 is 9.73 Å². The maximum absolute atomic E-state index is 12.6. The molecular weight excluding hydrogens is 358 g/mol. The summed E-state index contributed by atoms with van der Waals surface area (Å²) in [6.45, 7) is 8.05. The number of aryl methyl sites for hydroxylation is 1. The fraction of sp³-hybridized carbons (Fsp3) is 0.286. The third kappa shape index (κ3) is 4.77. The molecule has 0 saturated carbocycles. The molecule has 1 amide bonds. The first-order valence-electron chi connectivity index (χ1n) is 8.91. The molecule has 0 spiro atoms. The third-order valence-corrected chi connectivity index (χ3v) is 5.09. The third-order valence-electron chi connectivity index (χ3n) is 4.16. The Morgan fingerprint density at radius 3 is 2.59 bits per heavy atom. The summed E-state index contributed by atoms with van der Waals surface area (Å²) in [5.74, 6) is 0.694. The van der Waals surface area contributed by atoms with Crippen molar-refractivity contribution in [2.75, 3.05) is 5.32 Å². The number of amides is 1. The zero-order chi connectivity index (χ0) is 19.4. The van der Waals surface area contributed by atoms with Crippen molar-refractivity contribution in [2.45, 2.75) is 44.1 Å². The summed E-state index contributed by atoms with van der Waals surface area (Å²) in [4.78, 5) is 12.6. The number of hydrogen-bond donors (Lipinski definition) is 1. The van der Waals surface area contributed by atoms with Gasteiger partial charge in [0.25, 0.3) is 5.22 Å². The Morgan fingerprint density at radius 1 is 1.07 bits per heavy atom. The van der Waals surface area contributed by atoms with E-state index in [-0.39, 0.29) is 11.2 Å². The van der Waals surface area contributed by atoms with Crippen LogP contribution in [0.4, 0.5) is 5.69 Å². The lowest BCUT2D eigenvalue weighted by Crippen LogP contribution is -2.23. The van der Waals surface area contributed by atoms with Gasteiger partial charge in [0.15, 0.2) is 0 Å². The lowest BCUT2D eigenvalue weighted by atomic mass is 10.0. The molecule has 1 heterocycles. The van der Waals surface area contributed by atoms with Gasteiger partial charge >= 0.3 is 0 Å². The molecule has 1 atom stereocenters. The number of anilines is 1. The van der Waals surface area contributed by atoms with Gasteiger partial charge in [0, 0.05) is 11.3 Å². The van der Waals surface area contributed by atoms with Crippen molar-refractivity contribution >= 4 is 23.4 Å². The number of hydrogen-bond acceptors (Lipinski definition) is 5. The van der Waals surface area contributed by atoms with Gasteiger partial charge in [-0.2, -0.15) is 0 Å². The van der Waals surface area contributed by atoms with Gasteiger partial charge in [-0.05, 0) is 43.5 Å². The Balaban J connectivity index is 1.67. The predicted molar refractivity (Wildman–Crippen MR) is 109 cm³/mol. The summed E-state index contributed by atoms with van der Waals surface area (Å²) in [7, 11) is 0. The molecule has 1 unspecified atom stereocenters. The van der Waals surface area contributed by atoms with E-state index >= 15 is 0 Å². The van der Waals surface area contributed by atoms with E-state index in [9.17, 15) is 4.79 Å². The summed E-state index contributed by atoms with van der Waals surface area (Å²) in [5.41, 5.74) is 3.95. The Labute approximate surface area is 163 Å². The van der Waals surface area contributed by atoms with Crippen molar-refractivity contribution in [1.82, 2.24) is 10.2 Å². The molecule has 0 fully saturated rings. The number of para-hydroxylation sites is 1. The monoisotopic (exact) mass is 381 g/mol. The Bertz CT molecular complexity index is 936. The molecule has 0 radical (unpaired) electrons. The molecule has 5 nitrogen and oxygen atoms in total. The van der Waals surface area contributed by atoms with E-state index < -0.39 is 0 Å². The second kappa shape index (κ2) is 8.39. The minimum atomic E-state index is -0.365. The Kier molecular flexibility index (Phi) is 5.96. The molecule has 0 aliphatic rings. The topological polar surface area (TPSA) is 68.0 Å². The molecule has 6 heteroatoms. The normalized spacial score (nSPS) is 12.2. The van der Waals surface area contributed by atoms with Crippen molar-refractivity contribution in [3.8, 4) is 11.5 Å². The summed E-state index contributed by atoms with van der Waals surface area (Å²) in [6, 6.07) is 15.7. The number of nitrogens with one attached hydrogen (secondary N) is 1. The fourth-order valence-electron chi connectivity index (χ4n) is 2.71. The van der Waals surface area contributed by atoms with Crippen LogP contribution in [-0.4, -0.2) is 21.4 Å². The number of carbonyl (C=O) groups is 1. The zero-order valence-corrected chi connectivity index (χ0v) is 16.7. The molecule has 140 valence electrons. The molecule has 0 bridgehead atoms. The number of benzene rings is 2. The largest absolute Gasteiger partial charge is 0.411 e. The van der Waals surface area contributed by atoms with Gasteiger partial charge in [0.2, 0.25) is 11.8 Å². The van der Waals surface area contributed by atoms with E-state index in [1.807, 2.05) is 62.4 Å². The van der Waals surface area contributed by atoms with Crippen LogP contribution in [0.1, 0.15) is 37.8 Å². The average molecular weight is 382 g/mol. The molecule has 0 aliphatic carbocycles. The molecule has 2 aromatic carbocycles. The number of nitrogens with zero attached hydrogens (tertiary/aromatic N) is 2. The first-order chi connectivity index (χ1) is 12.9. The van der Waals surface area contributed by atoms with Crippen molar-refractivity contribution in [3.63, 3.8) is 0 Å². The van der Waals surface area contributed by atoms with Crippen molar-refractivity contribution in [1.29, 1.82) is 0 Å². The first kappa shape index (κ1) is 19.2. The van der Waals surface area contributed by atoms with Crippen molar-refractivity contribution in [2.24, 2.45) is 0 Å². The molecule has 1 N–H and O–H groups in total. The molecule has 0 aliphatic heterocycles. The van der Waals surface area contributed by atoms with Gasteiger partial charge in [-0.15, -0.1) is 10.2 Å². The minimum Gasteiger partial charge on any atom is -0.411 e. The molecule has 27 heavy (non-hydrogen) atoms. The van der Waals surface area contributed by atoms with Gasteiger partial charge in [-0.1, -0.05) is 61.5 Å². The quantitative estimate of drug-likeness (QED) is 0.588. The fourth-order valence-corrected chi connectivity index (χ4v) is 3.39. The average Bonchev–Trinajstić information content (AvgIpc) is 3.10. The maximum atomic E-state index is 12.6. The number of aromatic nitrogens is 2. The van der Waals surface area contributed by atoms with Crippen LogP contribution in [0, 0.1) is 6.92 Å². The summed E-state index contributed by atoms with van der Waals surface area (Å²) >= 11 is 1.25. The number of thioether (sulfide) groups is 1. The Morgan fingerprint density at radius 2 is 1.85 bits per heavy atom. The number of rotatable bonds is 6. The zero-order valence-electron chi connectivity index (χ0n) is 15.9. The maximum Gasteiger partial charge on any atom is 0.277 e. The van der Waals surface area contributed by atoms with Crippen LogP contribution in [0.5, 0.6) is 0 Å². The Hall–Kier alpha value is -2.60. The van der Waals surface area contributed by atoms with E-state index in [1.54, 1.807) is 0 Å². The van der Waals surface area contributed by atoms with Gasteiger partial charge in [-0.3, -0.25) is 4.79 Å². The van der Waals surface area contributed by atoms with Crippen molar-refractivity contribution < 1.29 is 9.21 Å². The van der Waals surface area contributed by atoms with Crippen LogP contribution in [0.25, 0.3) is 11.5 Å². The smallest absolute Gasteiger partial charge is 0.277 e. The summed E-state index contributed by atoms with van der Waals surface area (Å²) in [6.07, 6.45) is 0. The van der Waals surface area contributed by atoms with E-state index in [1.165, 1.54) is 11.8 Å². The van der Waals surface area contributed by atoms with Crippen LogP contribution in [0.3, 0.4) is 0 Å². The van der Waals surface area contributed by atoms with Crippen LogP contribution in [0.2, 0.25) is 0 Å². The van der Waals surface area contributed by atoms with Gasteiger partial charge in [0.1, 0.15) is 0 Å². The second-order valence-electron chi connectivity index (χ2n) is 6.73. The minimum absolute atomic E-state index is 0.0941. The lowest BCUT2D eigenvalue weighted by molar-refractivity contribution is -0.115. The molecule has 3 rings (SSSR count). The highest BCUT2D eigenvalue weighted by atomic mass is 32.2. The first-order valence-corrected chi connectivity index (χ1v) is 9.79. The van der Waals surface area contributed by atoms with E-state index in [0.717, 1.165) is 22.4 Å². The van der Waals surface area contributed by atoms with Gasteiger partial charge in [-0.25, -0.2) is 0 Å². The predicted octanol–water partition coefficient (Wildman–Crippen LogP) is 5.29. The van der Waals surface area contributed by atoms with E-state index in [0.29, 0.717) is 17.0 Å². The van der Waals surface area contributed by atoms with Crippen LogP contribution >= 0.6 is 11.8 Å². The van der Waals surface area contributed by atoms with E-state index in [4.69, 9.17) is 4.42 Å². The van der Waals surface area contributed by atoms with Crippen LogP contribution in [0.15, 0.2) is 58.2 Å². The second-order valence-corrected chi connectivity index (χ2v) is 8.03. The van der Waals surface area contributed by atoms with Crippen molar-refractivity contribution in [3.05, 3.63) is 59.7 Å². The highest BCUT2D eigenvalue weighted by Gasteiger charge is 2.20.